The summed E-state index contributed by atoms with van der Waals surface area (Å²) in [4.78, 5) is 10.8. The van der Waals surface area contributed by atoms with E-state index in [1.54, 1.807) is 5.48 Å². The molecule has 0 spiro atoms. The Labute approximate surface area is 67.1 Å². The van der Waals surface area contributed by atoms with Crippen molar-refractivity contribution in [2.24, 2.45) is 0 Å². The molecule has 1 amide bonds. The van der Waals surface area contributed by atoms with Crippen LogP contribution in [0.3, 0.4) is 0 Å². The number of rotatable bonds is 4. The molecule has 0 radical (unpaired) electrons. The van der Waals surface area contributed by atoms with Crippen molar-refractivity contribution in [3.63, 3.8) is 0 Å². The van der Waals surface area contributed by atoms with Crippen LogP contribution in [0.5, 0.6) is 0 Å². The Bertz CT molecular complexity index is 152. The lowest BCUT2D eigenvalue weighted by molar-refractivity contribution is -0.125. The molecule has 0 aliphatic carbocycles. The molecule has 0 aromatic heterocycles. The lowest BCUT2D eigenvalue weighted by Gasteiger charge is -2.00. The predicted octanol–water partition coefficient (Wildman–Crippen LogP) is 1.63. The molecule has 0 saturated carbocycles. The molecular weight excluding hydrogens is 142 g/mol. The molecule has 3 heteroatoms. The smallest absolute Gasteiger partial charge is 0.270 e. The fourth-order valence-corrected chi connectivity index (χ4v) is 0.788. The molecule has 0 atom stereocenters. The standard InChI is InChI=1S/C8H15NO2/c1-3-5-6-7(4-2)8(10)9-11/h6,11H,3-5H2,1-2H3,(H,9,10). The van der Waals surface area contributed by atoms with Gasteiger partial charge in [-0.2, -0.15) is 0 Å². The number of amides is 1. The summed E-state index contributed by atoms with van der Waals surface area (Å²) in [5.41, 5.74) is 2.27. The summed E-state index contributed by atoms with van der Waals surface area (Å²) in [6, 6.07) is 0. The molecule has 0 aromatic carbocycles. The molecule has 0 aliphatic heterocycles. The first-order chi connectivity index (χ1) is 5.26. The van der Waals surface area contributed by atoms with Gasteiger partial charge in [-0.25, -0.2) is 5.48 Å². The van der Waals surface area contributed by atoms with E-state index >= 15 is 0 Å². The monoisotopic (exact) mass is 157 g/mol. The average molecular weight is 157 g/mol. The Morgan fingerprint density at radius 1 is 1.55 bits per heavy atom. The molecule has 0 heterocycles. The Kier molecular flexibility index (Phi) is 5.47. The summed E-state index contributed by atoms with van der Waals surface area (Å²) in [7, 11) is 0. The first kappa shape index (κ1) is 10.2. The lowest BCUT2D eigenvalue weighted by atomic mass is 10.1. The summed E-state index contributed by atoms with van der Waals surface area (Å²) in [6.45, 7) is 3.93. The van der Waals surface area contributed by atoms with Crippen LogP contribution in [0.1, 0.15) is 33.1 Å². The lowest BCUT2D eigenvalue weighted by Crippen LogP contribution is -2.20. The normalized spacial score (nSPS) is 11.4. The number of carbonyl (C=O) groups is 1. The van der Waals surface area contributed by atoms with E-state index in [1.807, 2.05) is 19.9 Å². The number of hydrogen-bond donors (Lipinski definition) is 2. The van der Waals surface area contributed by atoms with E-state index in [0.29, 0.717) is 12.0 Å². The van der Waals surface area contributed by atoms with Crippen LogP contribution < -0.4 is 5.48 Å². The van der Waals surface area contributed by atoms with Gasteiger partial charge in [0.1, 0.15) is 0 Å². The van der Waals surface area contributed by atoms with Gasteiger partial charge in [-0.3, -0.25) is 10.0 Å². The van der Waals surface area contributed by atoms with E-state index in [2.05, 4.69) is 0 Å². The fourth-order valence-electron chi connectivity index (χ4n) is 0.788. The molecular formula is C8H15NO2. The third-order valence-corrected chi connectivity index (χ3v) is 1.45. The number of hydrogen-bond acceptors (Lipinski definition) is 2. The van der Waals surface area contributed by atoms with Crippen molar-refractivity contribution in [1.82, 2.24) is 5.48 Å². The summed E-state index contributed by atoms with van der Waals surface area (Å²) in [5.74, 6) is -0.388. The zero-order valence-corrected chi connectivity index (χ0v) is 7.05. The van der Waals surface area contributed by atoms with Crippen LogP contribution in [0.15, 0.2) is 11.6 Å². The first-order valence-electron chi connectivity index (χ1n) is 3.89. The number of carbonyl (C=O) groups excluding carboxylic acids is 1. The van der Waals surface area contributed by atoms with Gasteiger partial charge < -0.3 is 0 Å². The molecule has 0 saturated heterocycles. The maximum Gasteiger partial charge on any atom is 0.270 e. The Morgan fingerprint density at radius 3 is 2.55 bits per heavy atom. The van der Waals surface area contributed by atoms with Crippen molar-refractivity contribution in [3.8, 4) is 0 Å². The first-order valence-corrected chi connectivity index (χ1v) is 3.89. The highest BCUT2D eigenvalue weighted by molar-refractivity contribution is 5.92. The van der Waals surface area contributed by atoms with Crippen LogP contribution in [0, 0.1) is 0 Å². The summed E-state index contributed by atoms with van der Waals surface area (Å²) in [6.07, 6.45) is 4.41. The van der Waals surface area contributed by atoms with E-state index in [1.165, 1.54) is 0 Å². The van der Waals surface area contributed by atoms with Crippen molar-refractivity contribution in [2.45, 2.75) is 33.1 Å². The van der Waals surface area contributed by atoms with Crippen molar-refractivity contribution in [2.75, 3.05) is 0 Å². The highest BCUT2D eigenvalue weighted by Crippen LogP contribution is 2.03. The molecule has 0 aromatic rings. The second-order valence-electron chi connectivity index (χ2n) is 2.31. The van der Waals surface area contributed by atoms with Crippen LogP contribution in [0.25, 0.3) is 0 Å². The topological polar surface area (TPSA) is 49.3 Å². The zero-order valence-electron chi connectivity index (χ0n) is 7.05. The minimum absolute atomic E-state index is 0.388. The fraction of sp³-hybridized carbons (Fsp3) is 0.625. The van der Waals surface area contributed by atoms with Crippen LogP contribution in [-0.4, -0.2) is 11.1 Å². The summed E-state index contributed by atoms with van der Waals surface area (Å²) < 4.78 is 0. The maximum absolute atomic E-state index is 10.8. The third-order valence-electron chi connectivity index (χ3n) is 1.45. The second-order valence-corrected chi connectivity index (χ2v) is 2.31. The molecule has 0 rings (SSSR count). The van der Waals surface area contributed by atoms with Gasteiger partial charge in [-0.05, 0) is 12.8 Å². The molecule has 2 N–H and O–H groups in total. The van der Waals surface area contributed by atoms with Crippen molar-refractivity contribution in [3.05, 3.63) is 11.6 Å². The molecule has 11 heavy (non-hydrogen) atoms. The Morgan fingerprint density at radius 2 is 2.18 bits per heavy atom. The largest absolute Gasteiger partial charge is 0.288 e. The van der Waals surface area contributed by atoms with Gasteiger partial charge in [-0.15, -0.1) is 0 Å². The van der Waals surface area contributed by atoms with Gasteiger partial charge in [0.05, 0.1) is 0 Å². The SMILES string of the molecule is CCCC=C(CC)C(=O)NO. The van der Waals surface area contributed by atoms with Gasteiger partial charge in [0.15, 0.2) is 0 Å². The molecule has 0 unspecified atom stereocenters. The highest BCUT2D eigenvalue weighted by atomic mass is 16.5. The molecule has 0 aliphatic rings. The maximum atomic E-state index is 10.8. The van der Waals surface area contributed by atoms with E-state index in [4.69, 9.17) is 5.21 Å². The van der Waals surface area contributed by atoms with Crippen molar-refractivity contribution in [1.29, 1.82) is 0 Å². The minimum atomic E-state index is -0.388. The number of unbranched alkanes of at least 4 members (excludes halogenated alkanes) is 1. The molecule has 0 bridgehead atoms. The zero-order chi connectivity index (χ0) is 8.69. The van der Waals surface area contributed by atoms with Crippen LogP contribution in [0.4, 0.5) is 0 Å². The number of nitrogens with one attached hydrogen (secondary N) is 1. The number of allylic oxidation sites excluding steroid dienone is 1. The second kappa shape index (κ2) is 5.92. The Hall–Kier alpha value is -0.830. The van der Waals surface area contributed by atoms with E-state index < -0.39 is 0 Å². The van der Waals surface area contributed by atoms with Crippen LogP contribution >= 0.6 is 0 Å². The molecule has 3 nitrogen and oxygen atoms in total. The third kappa shape index (κ3) is 3.78. The van der Waals surface area contributed by atoms with Crippen molar-refractivity contribution < 1.29 is 10.0 Å². The van der Waals surface area contributed by atoms with Gasteiger partial charge in [0.25, 0.3) is 5.91 Å². The van der Waals surface area contributed by atoms with E-state index in [9.17, 15) is 4.79 Å². The van der Waals surface area contributed by atoms with Crippen molar-refractivity contribution >= 4 is 5.91 Å². The van der Waals surface area contributed by atoms with E-state index in [-0.39, 0.29) is 5.91 Å². The predicted molar refractivity (Wildman–Crippen MR) is 43.2 cm³/mol. The summed E-state index contributed by atoms with van der Waals surface area (Å²) in [5, 5.41) is 8.30. The van der Waals surface area contributed by atoms with Crippen LogP contribution in [-0.2, 0) is 4.79 Å². The van der Waals surface area contributed by atoms with Gasteiger partial charge in [-0.1, -0.05) is 26.3 Å². The highest BCUT2D eigenvalue weighted by Gasteiger charge is 2.03. The minimum Gasteiger partial charge on any atom is -0.288 e. The van der Waals surface area contributed by atoms with Crippen LogP contribution in [0.2, 0.25) is 0 Å². The molecule has 0 fully saturated rings. The Balaban J connectivity index is 4.03. The van der Waals surface area contributed by atoms with Gasteiger partial charge >= 0.3 is 0 Å². The summed E-state index contributed by atoms with van der Waals surface area (Å²) >= 11 is 0. The van der Waals surface area contributed by atoms with E-state index in [0.717, 1.165) is 12.8 Å². The number of hydroxylamine groups is 1. The quantitative estimate of drug-likeness (QED) is 0.370. The molecule has 64 valence electrons. The average Bonchev–Trinajstić information content (AvgIpc) is 2.05. The van der Waals surface area contributed by atoms with Gasteiger partial charge in [0, 0.05) is 5.57 Å². The van der Waals surface area contributed by atoms with Gasteiger partial charge in [0.2, 0.25) is 0 Å².